The molecule has 2 fully saturated rings. The fourth-order valence-corrected chi connectivity index (χ4v) is 7.89. The van der Waals surface area contributed by atoms with E-state index in [2.05, 4.69) is 61.1 Å². The number of hydrogen-bond acceptors (Lipinski definition) is 8. The predicted octanol–water partition coefficient (Wildman–Crippen LogP) is 6.26. The topological polar surface area (TPSA) is 121 Å². The van der Waals surface area contributed by atoms with Gasteiger partial charge in [0, 0.05) is 5.56 Å². The van der Waals surface area contributed by atoms with Gasteiger partial charge in [0.05, 0.1) is 18.5 Å². The van der Waals surface area contributed by atoms with Gasteiger partial charge in [-0.1, -0.05) is 76.2 Å². The highest BCUT2D eigenvalue weighted by Gasteiger charge is 2.72. The van der Waals surface area contributed by atoms with Crippen LogP contribution in [0.2, 0.25) is 18.1 Å². The summed E-state index contributed by atoms with van der Waals surface area (Å²) >= 11 is 0. The van der Waals surface area contributed by atoms with Crippen LogP contribution in [-0.2, 0) is 20.5 Å². The zero-order valence-electron chi connectivity index (χ0n) is 26.9. The summed E-state index contributed by atoms with van der Waals surface area (Å²) in [5.41, 5.74) is 0.819. The van der Waals surface area contributed by atoms with E-state index in [0.717, 1.165) is 18.4 Å². The van der Waals surface area contributed by atoms with Gasteiger partial charge in [-0.2, -0.15) is 0 Å². The van der Waals surface area contributed by atoms with Crippen molar-refractivity contribution in [1.29, 1.82) is 0 Å². The van der Waals surface area contributed by atoms with Crippen LogP contribution in [0.3, 0.4) is 0 Å². The first kappa shape index (κ1) is 31.5. The van der Waals surface area contributed by atoms with E-state index in [1.807, 2.05) is 36.4 Å². The van der Waals surface area contributed by atoms with Crippen molar-refractivity contribution in [3.8, 4) is 0 Å². The van der Waals surface area contributed by atoms with E-state index in [-0.39, 0.29) is 16.8 Å². The van der Waals surface area contributed by atoms with Crippen LogP contribution in [0.4, 0.5) is 5.82 Å². The van der Waals surface area contributed by atoms with E-state index < -0.39 is 38.0 Å². The summed E-state index contributed by atoms with van der Waals surface area (Å²) in [7, 11) is -2.23. The van der Waals surface area contributed by atoms with Gasteiger partial charge in [-0.05, 0) is 55.1 Å². The lowest BCUT2D eigenvalue weighted by atomic mass is 9.84. The molecule has 1 amide bonds. The second kappa shape index (κ2) is 11.7. The molecule has 10 nitrogen and oxygen atoms in total. The molecule has 11 heteroatoms. The van der Waals surface area contributed by atoms with Crippen LogP contribution in [0, 0.1) is 0 Å². The first-order valence-electron chi connectivity index (χ1n) is 15.7. The molecule has 3 heterocycles. The van der Waals surface area contributed by atoms with Gasteiger partial charge in [0.15, 0.2) is 31.5 Å². The summed E-state index contributed by atoms with van der Waals surface area (Å²) in [5.74, 6) is -0.0289. The van der Waals surface area contributed by atoms with Crippen molar-refractivity contribution in [3.63, 3.8) is 0 Å². The number of carbonyl (C=O) groups excluding carboxylic acids is 1. The minimum Gasteiger partial charge on any atom is -0.408 e. The Bertz CT molecular complexity index is 1650. The Morgan fingerprint density at radius 2 is 1.73 bits per heavy atom. The predicted molar refractivity (Wildman–Crippen MR) is 174 cm³/mol. The Hall–Kier alpha value is -3.48. The van der Waals surface area contributed by atoms with E-state index in [1.165, 1.54) is 6.33 Å². The molecule has 2 aromatic heterocycles. The Morgan fingerprint density at radius 1 is 1.07 bits per heavy atom. The second-order valence-electron chi connectivity index (χ2n) is 13.7. The van der Waals surface area contributed by atoms with Crippen LogP contribution in [0.5, 0.6) is 0 Å². The molecule has 1 saturated heterocycles. The zero-order chi connectivity index (χ0) is 32.0. The average molecular weight is 630 g/mol. The number of benzene rings is 2. The van der Waals surface area contributed by atoms with E-state index in [9.17, 15) is 9.90 Å². The number of fused-ring (bicyclic) bond motifs is 1. The molecule has 0 spiro atoms. The number of hydrogen-bond donors (Lipinski definition) is 2. The highest BCUT2D eigenvalue weighted by molar-refractivity contribution is 6.74. The highest BCUT2D eigenvalue weighted by Crippen LogP contribution is 2.61. The monoisotopic (exact) mass is 629 g/mol. The second-order valence-corrected chi connectivity index (χ2v) is 18.4. The molecular formula is C34H43N5O5Si. The van der Waals surface area contributed by atoms with Gasteiger partial charge in [0.25, 0.3) is 5.91 Å². The molecule has 238 valence electrons. The molecule has 0 bridgehead atoms. The molecule has 1 aliphatic carbocycles. The molecule has 2 aromatic carbocycles. The number of nitrogens with zero attached hydrogens (tertiary/aromatic N) is 4. The van der Waals surface area contributed by atoms with Gasteiger partial charge in [0.2, 0.25) is 0 Å². The Morgan fingerprint density at radius 3 is 2.36 bits per heavy atom. The largest absolute Gasteiger partial charge is 0.408 e. The normalized spacial score (nSPS) is 24.6. The highest BCUT2D eigenvalue weighted by atomic mass is 28.4. The van der Waals surface area contributed by atoms with Crippen LogP contribution in [0.15, 0.2) is 73.3 Å². The molecule has 4 atom stereocenters. The summed E-state index contributed by atoms with van der Waals surface area (Å²) < 4.78 is 22.6. The fraction of sp³-hybridized carbons (Fsp3) is 0.471. The number of aliphatic hydroxyl groups is 1. The number of ether oxygens (including phenoxy) is 2. The molecule has 1 saturated carbocycles. The van der Waals surface area contributed by atoms with Crippen molar-refractivity contribution in [2.75, 3.05) is 5.32 Å². The van der Waals surface area contributed by atoms with Crippen LogP contribution < -0.4 is 5.32 Å². The summed E-state index contributed by atoms with van der Waals surface area (Å²) in [6.45, 7) is 13.6. The smallest absolute Gasteiger partial charge is 0.256 e. The number of aromatic nitrogens is 4. The summed E-state index contributed by atoms with van der Waals surface area (Å²) in [6, 6.07) is 18.9. The molecule has 2 aliphatic rings. The molecule has 1 aliphatic heterocycles. The van der Waals surface area contributed by atoms with Crippen LogP contribution in [0.25, 0.3) is 11.2 Å². The van der Waals surface area contributed by atoms with E-state index in [0.29, 0.717) is 29.8 Å². The van der Waals surface area contributed by atoms with E-state index >= 15 is 0 Å². The van der Waals surface area contributed by atoms with Crippen LogP contribution in [-0.4, -0.2) is 62.3 Å². The van der Waals surface area contributed by atoms with Gasteiger partial charge >= 0.3 is 0 Å². The van der Waals surface area contributed by atoms with Crippen LogP contribution in [0.1, 0.15) is 69.1 Å². The number of amides is 1. The van der Waals surface area contributed by atoms with Gasteiger partial charge < -0.3 is 24.3 Å². The average Bonchev–Trinajstić information content (AvgIpc) is 3.56. The van der Waals surface area contributed by atoms with Crippen molar-refractivity contribution in [3.05, 3.63) is 84.4 Å². The minimum absolute atomic E-state index is 0.00735. The van der Waals surface area contributed by atoms with Crippen molar-refractivity contribution in [2.24, 2.45) is 0 Å². The maximum absolute atomic E-state index is 12.9. The number of rotatable bonds is 10. The van der Waals surface area contributed by atoms with Crippen molar-refractivity contribution < 1.29 is 23.8 Å². The van der Waals surface area contributed by atoms with Gasteiger partial charge in [0.1, 0.15) is 24.1 Å². The van der Waals surface area contributed by atoms with Gasteiger partial charge in [-0.3, -0.25) is 9.36 Å². The maximum Gasteiger partial charge on any atom is 0.256 e. The molecule has 2 N–H and O–H groups in total. The number of imidazole rings is 1. The van der Waals surface area contributed by atoms with Gasteiger partial charge in [-0.15, -0.1) is 0 Å². The Labute approximate surface area is 265 Å². The summed E-state index contributed by atoms with van der Waals surface area (Å²) in [6.07, 6.45) is 2.58. The Balaban J connectivity index is 1.37. The van der Waals surface area contributed by atoms with Crippen LogP contribution >= 0.6 is 0 Å². The first-order chi connectivity index (χ1) is 21.4. The third-order valence-electron chi connectivity index (χ3n) is 9.82. The SMILES string of the molecule is CC[C@@]1(C2(O[Si](C)(C)C(C)(C)C)CC2)O[C@@H](n2cnc3c(NC(=O)c4ccccc4)ncnc32)C(O)C1OCc1ccccc1. The lowest BCUT2D eigenvalue weighted by molar-refractivity contribution is -0.184. The third-order valence-corrected chi connectivity index (χ3v) is 14.3. The zero-order valence-corrected chi connectivity index (χ0v) is 27.9. The van der Waals surface area contributed by atoms with E-state index in [1.54, 1.807) is 35.2 Å². The Kier molecular flexibility index (Phi) is 8.19. The fourth-order valence-electron chi connectivity index (χ4n) is 6.23. The first-order valence-corrected chi connectivity index (χ1v) is 18.6. The maximum atomic E-state index is 12.9. The molecule has 45 heavy (non-hydrogen) atoms. The molecular weight excluding hydrogens is 586 g/mol. The van der Waals surface area contributed by atoms with E-state index in [4.69, 9.17) is 13.9 Å². The molecule has 0 radical (unpaired) electrons. The molecule has 4 aromatic rings. The summed E-state index contributed by atoms with van der Waals surface area (Å²) in [5, 5.41) is 14.9. The number of aliphatic hydroxyl groups excluding tert-OH is 1. The van der Waals surface area contributed by atoms with Crippen molar-refractivity contribution in [2.45, 2.75) is 101 Å². The number of carbonyl (C=O) groups is 1. The third kappa shape index (κ3) is 5.61. The van der Waals surface area contributed by atoms with Crippen molar-refractivity contribution in [1.82, 2.24) is 19.5 Å². The standard InChI is InChI=1S/C34H43N5O5Si/c1-7-34(33(18-19-33)44-45(5,6)32(2,3)4)27(42-20-23-14-10-8-11-15-23)26(40)31(43-34)39-22-37-25-28(35-21-36-29(25)39)38-30(41)24-16-12-9-13-17-24/h8-17,21-22,26-27,31,40H,7,18-20H2,1-6H3,(H,35,36,38,41)/t26?,27?,31-,34-/m1/s1. The number of nitrogens with one attached hydrogen (secondary N) is 1. The van der Waals surface area contributed by atoms with Gasteiger partial charge in [-0.25, -0.2) is 15.0 Å². The molecule has 6 rings (SSSR count). The quantitative estimate of drug-likeness (QED) is 0.197. The molecule has 2 unspecified atom stereocenters. The minimum atomic E-state index is -2.23. The number of anilines is 1. The summed E-state index contributed by atoms with van der Waals surface area (Å²) in [4.78, 5) is 26.3. The lowest BCUT2D eigenvalue weighted by Gasteiger charge is -2.47. The lowest BCUT2D eigenvalue weighted by Crippen LogP contribution is -2.60. The van der Waals surface area contributed by atoms with Crippen molar-refractivity contribution >= 4 is 31.2 Å².